The molecule has 1 saturated heterocycles. The minimum absolute atomic E-state index is 0. The molecule has 1 aliphatic rings. The number of thiazole rings is 1. The van der Waals surface area contributed by atoms with E-state index in [1.165, 1.54) is 11.3 Å². The number of morpholine rings is 1. The van der Waals surface area contributed by atoms with Gasteiger partial charge in [-0.2, -0.15) is 0 Å². The lowest BCUT2D eigenvalue weighted by Crippen LogP contribution is -2.40. The highest BCUT2D eigenvalue weighted by molar-refractivity contribution is 7.22. The highest BCUT2D eigenvalue weighted by Crippen LogP contribution is 2.40. The van der Waals surface area contributed by atoms with Crippen LogP contribution < -0.4 is 19.1 Å². The molecule has 2 heterocycles. The fourth-order valence-electron chi connectivity index (χ4n) is 3.92. The molecule has 190 valence electrons. The highest BCUT2D eigenvalue weighted by Gasteiger charge is 2.23. The first-order valence-corrected chi connectivity index (χ1v) is 12.2. The van der Waals surface area contributed by atoms with E-state index in [9.17, 15) is 4.79 Å². The summed E-state index contributed by atoms with van der Waals surface area (Å²) in [4.78, 5) is 22.2. The lowest BCUT2D eigenvalue weighted by Gasteiger charge is -2.27. The van der Waals surface area contributed by atoms with Crippen molar-refractivity contribution in [1.82, 2.24) is 9.88 Å². The Morgan fingerprint density at radius 1 is 1.14 bits per heavy atom. The summed E-state index contributed by atoms with van der Waals surface area (Å²) >= 11 is 1.42. The zero-order valence-corrected chi connectivity index (χ0v) is 22.0. The van der Waals surface area contributed by atoms with Crippen molar-refractivity contribution in [3.8, 4) is 17.2 Å². The van der Waals surface area contributed by atoms with Crippen molar-refractivity contribution in [2.75, 3.05) is 65.1 Å². The number of nitrogens with zero attached hydrogens (tertiary/aromatic N) is 3. The van der Waals surface area contributed by atoms with E-state index >= 15 is 0 Å². The van der Waals surface area contributed by atoms with E-state index in [1.54, 1.807) is 19.1 Å². The number of aryl methyl sites for hydroxylation is 1. The van der Waals surface area contributed by atoms with E-state index in [0.717, 1.165) is 49.5 Å². The second kappa shape index (κ2) is 12.9. The number of halogens is 1. The Balaban J connectivity index is 0.00000342. The quantitative estimate of drug-likeness (QED) is 0.396. The molecule has 4 rings (SSSR count). The third-order valence-corrected chi connectivity index (χ3v) is 6.84. The van der Waals surface area contributed by atoms with E-state index in [4.69, 9.17) is 23.9 Å². The fourth-order valence-corrected chi connectivity index (χ4v) is 5.04. The summed E-state index contributed by atoms with van der Waals surface area (Å²) in [6.07, 6.45) is 0.820. The number of carbonyl (C=O) groups is 1. The minimum Gasteiger partial charge on any atom is -0.495 e. The average molecular weight is 522 g/mol. The topological polar surface area (TPSA) is 73.4 Å². The number of aromatic nitrogens is 1. The van der Waals surface area contributed by atoms with Crippen LogP contribution in [-0.2, 0) is 9.53 Å². The number of carbonyl (C=O) groups excluding carboxylic acids is 1. The highest BCUT2D eigenvalue weighted by atomic mass is 35.5. The van der Waals surface area contributed by atoms with Crippen LogP contribution in [0.4, 0.5) is 5.13 Å². The largest absolute Gasteiger partial charge is 0.495 e. The smallest absolute Gasteiger partial charge is 0.266 e. The van der Waals surface area contributed by atoms with Gasteiger partial charge in [0.05, 0.1) is 27.4 Å². The number of fused-ring (bicyclic) bond motifs is 1. The molecule has 0 N–H and O–H groups in total. The summed E-state index contributed by atoms with van der Waals surface area (Å²) in [5, 5.41) is 0.609. The van der Waals surface area contributed by atoms with Crippen LogP contribution in [0.15, 0.2) is 36.4 Å². The van der Waals surface area contributed by atoms with E-state index in [0.29, 0.717) is 34.4 Å². The minimum atomic E-state index is -0.138. The Kier molecular flexibility index (Phi) is 9.97. The van der Waals surface area contributed by atoms with Gasteiger partial charge in [-0.3, -0.25) is 14.6 Å². The van der Waals surface area contributed by atoms with Crippen molar-refractivity contribution in [3.05, 3.63) is 42.0 Å². The number of hydrogen-bond acceptors (Lipinski definition) is 8. The van der Waals surface area contributed by atoms with Crippen molar-refractivity contribution < 1.29 is 23.7 Å². The molecule has 0 saturated carbocycles. The zero-order valence-electron chi connectivity index (χ0n) is 20.3. The second-order valence-electron chi connectivity index (χ2n) is 8.10. The van der Waals surface area contributed by atoms with Gasteiger partial charge in [0, 0.05) is 26.2 Å². The number of anilines is 1. The first-order valence-electron chi connectivity index (χ1n) is 11.4. The van der Waals surface area contributed by atoms with Crippen LogP contribution in [0.1, 0.15) is 12.0 Å². The Morgan fingerprint density at radius 2 is 1.89 bits per heavy atom. The molecule has 1 aromatic heterocycles. The molecule has 0 spiro atoms. The van der Waals surface area contributed by atoms with E-state index in [-0.39, 0.29) is 24.9 Å². The number of ether oxygens (including phenoxy) is 4. The Labute approximate surface area is 216 Å². The molecular formula is C25H32ClN3O5S. The first kappa shape index (κ1) is 27.0. The lowest BCUT2D eigenvalue weighted by molar-refractivity contribution is -0.120. The fraction of sp³-hybridized carbons (Fsp3) is 0.440. The van der Waals surface area contributed by atoms with Crippen LogP contribution in [0.5, 0.6) is 17.2 Å². The maximum absolute atomic E-state index is 13.3. The Hall–Kier alpha value is -2.59. The molecule has 1 aliphatic heterocycles. The van der Waals surface area contributed by atoms with Crippen LogP contribution >= 0.6 is 23.7 Å². The molecule has 0 atom stereocenters. The summed E-state index contributed by atoms with van der Waals surface area (Å²) in [5.41, 5.74) is 1.77. The molecule has 0 unspecified atom stereocenters. The molecular weight excluding hydrogens is 490 g/mol. The first-order chi connectivity index (χ1) is 16.6. The third-order valence-electron chi connectivity index (χ3n) is 5.74. The predicted octanol–water partition coefficient (Wildman–Crippen LogP) is 4.18. The van der Waals surface area contributed by atoms with Crippen LogP contribution in [0.3, 0.4) is 0 Å². The average Bonchev–Trinajstić information content (AvgIpc) is 3.30. The van der Waals surface area contributed by atoms with Gasteiger partial charge in [-0.1, -0.05) is 23.5 Å². The Bertz CT molecular complexity index is 1080. The van der Waals surface area contributed by atoms with Crippen LogP contribution in [0, 0.1) is 6.92 Å². The molecule has 3 aromatic rings. The number of methoxy groups -OCH3 is 2. The van der Waals surface area contributed by atoms with Gasteiger partial charge in [-0.15, -0.1) is 12.4 Å². The summed E-state index contributed by atoms with van der Waals surface area (Å²) < 4.78 is 23.1. The third kappa shape index (κ3) is 6.76. The predicted molar refractivity (Wildman–Crippen MR) is 141 cm³/mol. The van der Waals surface area contributed by atoms with Crippen molar-refractivity contribution in [2.45, 2.75) is 13.3 Å². The number of rotatable bonds is 10. The van der Waals surface area contributed by atoms with E-state index in [1.807, 2.05) is 43.3 Å². The normalized spacial score (nSPS) is 13.8. The van der Waals surface area contributed by atoms with E-state index in [2.05, 4.69) is 4.90 Å². The molecule has 10 heteroatoms. The molecule has 8 nitrogen and oxygen atoms in total. The van der Waals surface area contributed by atoms with Gasteiger partial charge in [0.15, 0.2) is 11.7 Å². The Morgan fingerprint density at radius 3 is 2.60 bits per heavy atom. The van der Waals surface area contributed by atoms with Crippen molar-refractivity contribution in [1.29, 1.82) is 0 Å². The number of amides is 1. The maximum Gasteiger partial charge on any atom is 0.266 e. The molecule has 0 aliphatic carbocycles. The zero-order chi connectivity index (χ0) is 23.9. The van der Waals surface area contributed by atoms with Gasteiger partial charge in [0.2, 0.25) is 0 Å². The van der Waals surface area contributed by atoms with Crippen LogP contribution in [0.2, 0.25) is 0 Å². The van der Waals surface area contributed by atoms with Gasteiger partial charge in [0.25, 0.3) is 5.91 Å². The molecule has 35 heavy (non-hydrogen) atoms. The summed E-state index contributed by atoms with van der Waals surface area (Å²) in [6, 6.07) is 11.4. The molecule has 1 fully saturated rings. The van der Waals surface area contributed by atoms with Gasteiger partial charge < -0.3 is 18.9 Å². The second-order valence-corrected chi connectivity index (χ2v) is 9.08. The standard InChI is InChI=1S/C25H31N3O5S.ClH/c1-18-6-4-7-19(16-18)33-17-22(29)28(11-5-10-27-12-14-32-15-13-27)25-26-23-20(30-2)8-9-21(31-3)24(23)34-25;/h4,6-9,16H,5,10-15,17H2,1-3H3;1H. The molecule has 1 amide bonds. The molecule has 0 radical (unpaired) electrons. The summed E-state index contributed by atoms with van der Waals surface area (Å²) in [5.74, 6) is 1.89. The summed E-state index contributed by atoms with van der Waals surface area (Å²) in [6.45, 7) is 6.70. The monoisotopic (exact) mass is 521 g/mol. The van der Waals surface area contributed by atoms with Crippen molar-refractivity contribution in [2.24, 2.45) is 0 Å². The van der Waals surface area contributed by atoms with Crippen molar-refractivity contribution >= 4 is 45.0 Å². The lowest BCUT2D eigenvalue weighted by atomic mass is 10.2. The van der Waals surface area contributed by atoms with Gasteiger partial charge in [-0.25, -0.2) is 4.98 Å². The van der Waals surface area contributed by atoms with Gasteiger partial charge >= 0.3 is 0 Å². The van der Waals surface area contributed by atoms with Gasteiger partial charge in [0.1, 0.15) is 27.5 Å². The van der Waals surface area contributed by atoms with Gasteiger partial charge in [-0.05, 0) is 43.2 Å². The van der Waals surface area contributed by atoms with Crippen molar-refractivity contribution in [3.63, 3.8) is 0 Å². The SMILES string of the molecule is COc1ccc(OC)c2sc(N(CCCN3CCOCC3)C(=O)COc3cccc(C)c3)nc12.Cl. The van der Waals surface area contributed by atoms with Crippen LogP contribution in [0.25, 0.3) is 10.2 Å². The maximum atomic E-state index is 13.3. The molecule has 2 aromatic carbocycles. The van der Waals surface area contributed by atoms with Crippen LogP contribution in [-0.4, -0.2) is 76.0 Å². The number of benzene rings is 2. The van der Waals surface area contributed by atoms with E-state index < -0.39 is 0 Å². The summed E-state index contributed by atoms with van der Waals surface area (Å²) in [7, 11) is 3.24. The number of hydrogen-bond donors (Lipinski definition) is 0. The molecule has 0 bridgehead atoms.